The fourth-order valence-electron chi connectivity index (χ4n) is 13.8. The van der Waals surface area contributed by atoms with Crippen LogP contribution in [0, 0.1) is 0 Å². The van der Waals surface area contributed by atoms with Gasteiger partial charge in [-0.1, -0.05) is 207 Å². The average Bonchev–Trinajstić information content (AvgIpc) is 4.16. The maximum atomic E-state index is 2.67. The van der Waals surface area contributed by atoms with Gasteiger partial charge in [0.2, 0.25) is 0 Å². The molecule has 0 heterocycles. The third-order valence-electron chi connectivity index (χ3n) is 16.4. The first-order valence-electron chi connectivity index (χ1n) is 24.1. The lowest BCUT2D eigenvalue weighted by Gasteiger charge is -2.34. The summed E-state index contributed by atoms with van der Waals surface area (Å²) in [5, 5.41) is 7.68. The molecule has 4 aliphatic carbocycles. The third kappa shape index (κ3) is 4.83. The summed E-state index contributed by atoms with van der Waals surface area (Å²) in [6.45, 7) is 0. The minimum Gasteiger partial charge on any atom is -0.309 e. The highest BCUT2D eigenvalue weighted by Crippen LogP contribution is 2.65. The van der Waals surface area contributed by atoms with Crippen LogP contribution in [0.2, 0.25) is 0 Å². The molecule has 0 saturated heterocycles. The highest BCUT2D eigenvalue weighted by Gasteiger charge is 2.52. The van der Waals surface area contributed by atoms with Gasteiger partial charge in [0.15, 0.2) is 0 Å². The van der Waals surface area contributed by atoms with E-state index in [-0.39, 0.29) is 5.41 Å². The summed E-state index contributed by atoms with van der Waals surface area (Å²) in [6.07, 6.45) is 4.87. The Morgan fingerprint density at radius 2 is 0.791 bits per heavy atom. The molecular weight excluding hydrogens is 807 g/mol. The van der Waals surface area contributed by atoms with Crippen LogP contribution in [0.1, 0.15) is 59.1 Å². The molecule has 0 unspecified atom stereocenters. The summed E-state index contributed by atoms with van der Waals surface area (Å²) in [7, 11) is 0. The van der Waals surface area contributed by atoms with Crippen LogP contribution < -0.4 is 4.90 Å². The van der Waals surface area contributed by atoms with E-state index in [1.54, 1.807) is 0 Å². The van der Waals surface area contributed by atoms with Crippen LogP contribution in [0.15, 0.2) is 224 Å². The van der Waals surface area contributed by atoms with E-state index in [0.29, 0.717) is 0 Å². The van der Waals surface area contributed by atoms with Gasteiger partial charge >= 0.3 is 0 Å². The molecule has 1 saturated carbocycles. The Balaban J connectivity index is 1.10. The zero-order valence-electron chi connectivity index (χ0n) is 37.1. The van der Waals surface area contributed by atoms with Crippen molar-refractivity contribution in [3.8, 4) is 44.5 Å². The summed E-state index contributed by atoms with van der Waals surface area (Å²) in [5.74, 6) is 0. The molecule has 11 aromatic carbocycles. The summed E-state index contributed by atoms with van der Waals surface area (Å²) < 4.78 is 0. The van der Waals surface area contributed by atoms with Crippen LogP contribution in [0.4, 0.5) is 17.1 Å². The van der Waals surface area contributed by atoms with E-state index < -0.39 is 5.41 Å². The zero-order valence-corrected chi connectivity index (χ0v) is 37.1. The molecule has 0 aromatic heterocycles. The molecule has 15 rings (SSSR count). The van der Waals surface area contributed by atoms with E-state index in [4.69, 9.17) is 0 Å². The summed E-state index contributed by atoms with van der Waals surface area (Å²) in [6, 6.07) is 85.7. The van der Waals surface area contributed by atoms with Crippen molar-refractivity contribution in [2.24, 2.45) is 0 Å². The van der Waals surface area contributed by atoms with E-state index in [1.165, 1.54) is 147 Å². The first-order chi connectivity index (χ1) is 33.2. The number of anilines is 3. The van der Waals surface area contributed by atoms with Gasteiger partial charge in [-0.15, -0.1) is 0 Å². The van der Waals surface area contributed by atoms with Crippen molar-refractivity contribution < 1.29 is 0 Å². The molecule has 11 aromatic rings. The Kier molecular flexibility index (Phi) is 7.65. The highest BCUT2D eigenvalue weighted by molar-refractivity contribution is 6.26. The average molecular weight is 852 g/mol. The first kappa shape index (κ1) is 37.2. The fourth-order valence-corrected chi connectivity index (χ4v) is 13.8. The lowest BCUT2D eigenvalue weighted by Crippen LogP contribution is -2.26. The van der Waals surface area contributed by atoms with Gasteiger partial charge in [0.05, 0.1) is 16.8 Å². The van der Waals surface area contributed by atoms with Gasteiger partial charge < -0.3 is 4.90 Å². The minimum atomic E-state index is -0.494. The van der Waals surface area contributed by atoms with E-state index >= 15 is 0 Å². The smallest absolute Gasteiger partial charge is 0.0726 e. The largest absolute Gasteiger partial charge is 0.309 e. The summed E-state index contributed by atoms with van der Waals surface area (Å²) in [4.78, 5) is 2.67. The molecule has 0 N–H and O–H groups in total. The SMILES string of the molecule is c1ccc(-c2cc3c(cc2N(c2ccc4c5ccccc5c5ccccc5c4c2)c2cccc4c2-c2ccccc2C42CCCC2)C2(c4ccccc4-c4ccccc42)c2ccccc2-3)cc1. The zero-order chi connectivity index (χ0) is 43.8. The van der Waals surface area contributed by atoms with Gasteiger partial charge in [-0.2, -0.15) is 0 Å². The number of nitrogens with zero attached hydrogens (tertiary/aromatic N) is 1. The predicted octanol–water partition coefficient (Wildman–Crippen LogP) is 17.5. The standard InChI is InChI=1S/C66H45N/c1-2-19-42(20-3-1)53-40-55-51-27-10-15-32-59(51)66(57-30-13-8-25-49(57)50-26-9-14-31-58(50)66)61(55)41-63(53)67(62-34-18-33-60-64(62)52-28-11-12-29-56(52)65(60)37-16-17-38-65)43-35-36-48-46-23-5-4-21-44(46)45-22-6-7-24-47(45)54(48)39-43/h1-15,18-36,39-41H,16-17,37-38H2. The molecule has 0 aliphatic heterocycles. The second kappa shape index (κ2) is 13.8. The molecule has 1 heteroatoms. The molecule has 1 nitrogen and oxygen atoms in total. The Labute approximate surface area is 391 Å². The molecule has 314 valence electrons. The fraction of sp³-hybridized carbons (Fsp3) is 0.0909. The molecular formula is C66H45N. The van der Waals surface area contributed by atoms with Crippen molar-refractivity contribution in [2.75, 3.05) is 4.90 Å². The van der Waals surface area contributed by atoms with Crippen LogP contribution in [-0.2, 0) is 10.8 Å². The number of hydrogen-bond acceptors (Lipinski definition) is 1. The molecule has 0 atom stereocenters. The van der Waals surface area contributed by atoms with E-state index in [1.807, 2.05) is 0 Å². The molecule has 2 spiro atoms. The summed E-state index contributed by atoms with van der Waals surface area (Å²) >= 11 is 0. The quantitative estimate of drug-likeness (QED) is 0.159. The van der Waals surface area contributed by atoms with E-state index in [2.05, 4.69) is 229 Å². The normalized spacial score (nSPS) is 15.2. The number of hydrogen-bond donors (Lipinski definition) is 0. The second-order valence-electron chi connectivity index (χ2n) is 19.4. The number of fused-ring (bicyclic) bond motifs is 21. The molecule has 4 aliphatic rings. The van der Waals surface area contributed by atoms with Gasteiger partial charge in [0.25, 0.3) is 0 Å². The van der Waals surface area contributed by atoms with E-state index in [0.717, 1.165) is 5.69 Å². The second-order valence-corrected chi connectivity index (χ2v) is 19.4. The highest BCUT2D eigenvalue weighted by atomic mass is 15.1. The minimum absolute atomic E-state index is 0.0231. The molecule has 0 amide bonds. The third-order valence-corrected chi connectivity index (χ3v) is 16.4. The Morgan fingerprint density at radius 1 is 0.299 bits per heavy atom. The topological polar surface area (TPSA) is 3.24 Å². The van der Waals surface area contributed by atoms with Crippen molar-refractivity contribution in [2.45, 2.75) is 36.5 Å². The lowest BCUT2D eigenvalue weighted by atomic mass is 9.70. The Bertz CT molecular complexity index is 3810. The van der Waals surface area contributed by atoms with Crippen LogP contribution in [0.3, 0.4) is 0 Å². The number of rotatable bonds is 4. The van der Waals surface area contributed by atoms with Gasteiger partial charge in [0, 0.05) is 22.2 Å². The molecule has 67 heavy (non-hydrogen) atoms. The van der Waals surface area contributed by atoms with Crippen molar-refractivity contribution >= 4 is 49.4 Å². The van der Waals surface area contributed by atoms with Gasteiger partial charge in [0.1, 0.15) is 0 Å². The van der Waals surface area contributed by atoms with E-state index in [9.17, 15) is 0 Å². The molecule has 0 bridgehead atoms. The van der Waals surface area contributed by atoms with Crippen molar-refractivity contribution in [1.82, 2.24) is 0 Å². The lowest BCUT2D eigenvalue weighted by molar-refractivity contribution is 0.550. The molecule has 0 radical (unpaired) electrons. The first-order valence-corrected chi connectivity index (χ1v) is 24.1. The van der Waals surface area contributed by atoms with Crippen molar-refractivity contribution in [3.05, 3.63) is 258 Å². The summed E-state index contributed by atoms with van der Waals surface area (Å²) in [5.41, 5.74) is 21.9. The van der Waals surface area contributed by atoms with Crippen LogP contribution >= 0.6 is 0 Å². The Hall–Kier alpha value is -8.00. The maximum absolute atomic E-state index is 2.67. The van der Waals surface area contributed by atoms with Crippen LogP contribution in [0.25, 0.3) is 76.8 Å². The van der Waals surface area contributed by atoms with Gasteiger partial charge in [-0.05, 0) is 142 Å². The maximum Gasteiger partial charge on any atom is 0.0726 e. The van der Waals surface area contributed by atoms with Crippen LogP contribution in [-0.4, -0.2) is 0 Å². The monoisotopic (exact) mass is 851 g/mol. The van der Waals surface area contributed by atoms with Crippen molar-refractivity contribution in [1.29, 1.82) is 0 Å². The van der Waals surface area contributed by atoms with Gasteiger partial charge in [-0.25, -0.2) is 0 Å². The van der Waals surface area contributed by atoms with Gasteiger partial charge in [-0.3, -0.25) is 0 Å². The van der Waals surface area contributed by atoms with Crippen molar-refractivity contribution in [3.63, 3.8) is 0 Å². The molecule has 1 fully saturated rings. The number of benzene rings is 11. The van der Waals surface area contributed by atoms with Crippen LogP contribution in [0.5, 0.6) is 0 Å². The predicted molar refractivity (Wildman–Crippen MR) is 280 cm³/mol. The Morgan fingerprint density at radius 3 is 1.42 bits per heavy atom.